The van der Waals surface area contributed by atoms with Crippen molar-refractivity contribution in [2.75, 3.05) is 24.0 Å². The minimum absolute atomic E-state index is 0.00289. The van der Waals surface area contributed by atoms with Gasteiger partial charge in [0.15, 0.2) is 11.2 Å². The summed E-state index contributed by atoms with van der Waals surface area (Å²) in [4.78, 5) is 58.7. The number of phosphoric acid groups is 3. The molecule has 36 heavy (non-hydrogen) atoms. The highest BCUT2D eigenvalue weighted by molar-refractivity contribution is 8.76. The van der Waals surface area contributed by atoms with E-state index in [1.165, 1.54) is 32.5 Å². The average Bonchev–Trinajstić information content (AvgIpc) is 3.31. The van der Waals surface area contributed by atoms with Crippen molar-refractivity contribution in [1.29, 1.82) is 0 Å². The molecule has 0 saturated carbocycles. The molecule has 0 bridgehead atoms. The second kappa shape index (κ2) is 11.9. The molecule has 7 N–H and O–H groups in total. The topological polar surface area (TPSA) is 268 Å². The van der Waals surface area contributed by atoms with Crippen molar-refractivity contribution in [2.45, 2.75) is 31.8 Å². The van der Waals surface area contributed by atoms with Crippen LogP contribution in [0.1, 0.15) is 19.6 Å². The van der Waals surface area contributed by atoms with E-state index in [4.69, 9.17) is 29.5 Å². The van der Waals surface area contributed by atoms with E-state index in [1.807, 2.05) is 6.92 Å². The van der Waals surface area contributed by atoms with Gasteiger partial charge in [0.1, 0.15) is 18.3 Å². The van der Waals surface area contributed by atoms with Crippen molar-refractivity contribution in [3.05, 3.63) is 16.7 Å². The van der Waals surface area contributed by atoms with E-state index in [0.29, 0.717) is 0 Å². The molecule has 2 aromatic heterocycles. The molecule has 1 aliphatic rings. The molecule has 3 unspecified atom stereocenters. The van der Waals surface area contributed by atoms with Crippen LogP contribution in [0.25, 0.3) is 11.2 Å². The Morgan fingerprint density at radius 1 is 1.22 bits per heavy atom. The fourth-order valence-electron chi connectivity index (χ4n) is 3.05. The minimum atomic E-state index is -5.67. The number of aromatic nitrogens is 4. The van der Waals surface area contributed by atoms with E-state index >= 15 is 0 Å². The number of hydrogen-bond donors (Lipinski definition) is 6. The quantitative estimate of drug-likeness (QED) is 0.0798. The van der Waals surface area contributed by atoms with Crippen LogP contribution in [0, 0.1) is 0 Å². The number of phosphoric ester groups is 1. The fraction of sp³-hybridized carbons (Fsp3) is 0.615. The van der Waals surface area contributed by atoms with Crippen molar-refractivity contribution < 1.29 is 55.9 Å². The zero-order chi connectivity index (χ0) is 26.7. The van der Waals surface area contributed by atoms with Gasteiger partial charge < -0.3 is 34.8 Å². The summed E-state index contributed by atoms with van der Waals surface area (Å²) >= 11 is 0. The Labute approximate surface area is 210 Å². The van der Waals surface area contributed by atoms with Crippen LogP contribution in [-0.2, 0) is 36.3 Å². The molecule has 2 aromatic rings. The lowest BCUT2D eigenvalue weighted by atomic mass is 10.2. The van der Waals surface area contributed by atoms with E-state index < -0.39 is 54.1 Å². The number of fused-ring (bicyclic) bond motifs is 1. The summed E-state index contributed by atoms with van der Waals surface area (Å²) in [5.41, 5.74) is 5.15. The molecule has 0 amide bonds. The smallest absolute Gasteiger partial charge is 0.369 e. The monoisotopic (exact) mass is 613 g/mol. The molecule has 1 aliphatic heterocycles. The first-order chi connectivity index (χ1) is 16.7. The van der Waals surface area contributed by atoms with Crippen molar-refractivity contribution in [2.24, 2.45) is 0 Å². The van der Waals surface area contributed by atoms with Gasteiger partial charge in [0.25, 0.3) is 5.56 Å². The SMILES string of the molecule is CCSSCO[C@@H]1C[C@H](n2cnc3c(=O)[nH]c(N)nc32)OC1COP(=O)(O)OP(=O)(O)OP(=O)(O)O. The largest absolute Gasteiger partial charge is 0.490 e. The maximum Gasteiger partial charge on any atom is 0.490 e. The molecule has 3 heterocycles. The van der Waals surface area contributed by atoms with Gasteiger partial charge in [0, 0.05) is 12.2 Å². The van der Waals surface area contributed by atoms with Crippen molar-refractivity contribution in [1.82, 2.24) is 19.5 Å². The Hall–Kier alpha value is -0.820. The second-order valence-corrected chi connectivity index (χ2v) is 14.0. The normalized spacial score (nSPS) is 24.1. The van der Waals surface area contributed by atoms with Crippen molar-refractivity contribution in [3.63, 3.8) is 0 Å². The predicted octanol–water partition coefficient (Wildman–Crippen LogP) is 1.08. The maximum absolute atomic E-state index is 12.1. The highest BCUT2D eigenvalue weighted by Gasteiger charge is 2.43. The zero-order valence-electron chi connectivity index (χ0n) is 18.2. The molecule has 0 spiro atoms. The summed E-state index contributed by atoms with van der Waals surface area (Å²) in [5, 5.41) is 0. The first-order valence-corrected chi connectivity index (χ1v) is 16.7. The molecule has 0 aliphatic carbocycles. The predicted molar refractivity (Wildman–Crippen MR) is 126 cm³/mol. The summed E-state index contributed by atoms with van der Waals surface area (Å²) in [6.07, 6.45) is -1.15. The third-order valence-corrected chi connectivity index (χ3v) is 10.2. The molecular weight excluding hydrogens is 591 g/mol. The number of aromatic amines is 1. The highest BCUT2D eigenvalue weighted by atomic mass is 33.1. The van der Waals surface area contributed by atoms with Gasteiger partial charge in [0.05, 0.1) is 19.0 Å². The van der Waals surface area contributed by atoms with Gasteiger partial charge in [0.2, 0.25) is 5.95 Å². The van der Waals surface area contributed by atoms with Gasteiger partial charge in [-0.2, -0.15) is 13.6 Å². The Morgan fingerprint density at radius 2 is 1.94 bits per heavy atom. The van der Waals surface area contributed by atoms with Gasteiger partial charge in [-0.3, -0.25) is 18.9 Å². The first-order valence-electron chi connectivity index (χ1n) is 9.72. The Balaban J connectivity index is 1.74. The molecule has 23 heteroatoms. The number of nitrogens with one attached hydrogen (secondary N) is 1. The molecule has 0 aromatic carbocycles. The third kappa shape index (κ3) is 8.34. The van der Waals surface area contributed by atoms with Crippen molar-refractivity contribution in [3.8, 4) is 0 Å². The lowest BCUT2D eigenvalue weighted by molar-refractivity contribution is -0.0522. The van der Waals surface area contributed by atoms with Crippen LogP contribution in [0.15, 0.2) is 11.1 Å². The number of nitrogen functional groups attached to an aromatic ring is 1. The summed E-state index contributed by atoms with van der Waals surface area (Å²) in [6.45, 7) is 1.24. The van der Waals surface area contributed by atoms with E-state index in [-0.39, 0.29) is 29.5 Å². The Morgan fingerprint density at radius 3 is 2.61 bits per heavy atom. The van der Waals surface area contributed by atoms with Crippen LogP contribution in [0.2, 0.25) is 0 Å². The second-order valence-electron chi connectivity index (χ2n) is 6.87. The first kappa shape index (κ1) is 29.7. The van der Waals surface area contributed by atoms with Crippen LogP contribution >= 0.6 is 45.1 Å². The fourth-order valence-corrected chi connectivity index (χ4v) is 7.42. The summed E-state index contributed by atoms with van der Waals surface area (Å²) in [6, 6.07) is 0. The van der Waals surface area contributed by atoms with E-state index in [9.17, 15) is 28.3 Å². The lowest BCUT2D eigenvalue weighted by Crippen LogP contribution is -2.28. The average molecular weight is 613 g/mol. The molecule has 204 valence electrons. The lowest BCUT2D eigenvalue weighted by Gasteiger charge is -2.21. The molecule has 1 fully saturated rings. The Kier molecular flexibility index (Phi) is 9.85. The molecule has 18 nitrogen and oxygen atoms in total. The van der Waals surface area contributed by atoms with Gasteiger partial charge in [-0.15, -0.1) is 0 Å². The highest BCUT2D eigenvalue weighted by Crippen LogP contribution is 2.66. The molecule has 1 saturated heterocycles. The van der Waals surface area contributed by atoms with Crippen LogP contribution in [0.5, 0.6) is 0 Å². The minimum Gasteiger partial charge on any atom is -0.369 e. The summed E-state index contributed by atoms with van der Waals surface area (Å²) < 4.78 is 59.6. The van der Waals surface area contributed by atoms with Crippen LogP contribution in [-0.4, -0.2) is 69.6 Å². The number of rotatable bonds is 13. The number of nitrogens with zero attached hydrogens (tertiary/aromatic N) is 3. The zero-order valence-corrected chi connectivity index (χ0v) is 22.5. The summed E-state index contributed by atoms with van der Waals surface area (Å²) in [7, 11) is -13.6. The molecule has 0 radical (unpaired) electrons. The van der Waals surface area contributed by atoms with Gasteiger partial charge in [-0.1, -0.05) is 28.5 Å². The van der Waals surface area contributed by atoms with Crippen LogP contribution in [0.3, 0.4) is 0 Å². The number of ether oxygens (including phenoxy) is 2. The van der Waals surface area contributed by atoms with Crippen molar-refractivity contribution >= 4 is 62.2 Å². The number of nitrogens with two attached hydrogens (primary N) is 1. The van der Waals surface area contributed by atoms with Crippen LogP contribution < -0.4 is 11.3 Å². The van der Waals surface area contributed by atoms with Gasteiger partial charge in [-0.05, 0) is 0 Å². The standard InChI is InChI=1S/C13H22N5O13P3S2/c1-2-35-36-6-27-7-3-9(18-5-15-10-11(18)16-13(14)17-12(10)19)29-8(7)4-28-33(23,24)31-34(25,26)30-32(20,21)22/h5,7-9H,2-4,6H2,1H3,(H,23,24)(H,25,26)(H2,20,21,22)(H3,14,16,17,19)/t7-,8?,9-/m1/s1. The summed E-state index contributed by atoms with van der Waals surface area (Å²) in [5.74, 6) is 0.869. The number of anilines is 1. The molecule has 3 rings (SSSR count). The van der Waals surface area contributed by atoms with Gasteiger partial charge >= 0.3 is 23.5 Å². The molecule has 5 atom stereocenters. The number of imidazole rings is 1. The maximum atomic E-state index is 12.1. The number of H-pyrrole nitrogens is 1. The Bertz CT molecular complexity index is 1270. The van der Waals surface area contributed by atoms with Gasteiger partial charge in [-0.25, -0.2) is 18.7 Å². The van der Waals surface area contributed by atoms with E-state index in [1.54, 1.807) is 0 Å². The van der Waals surface area contributed by atoms with E-state index in [2.05, 4.69) is 23.6 Å². The number of hydrogen-bond acceptors (Lipinski definition) is 14. The third-order valence-electron chi connectivity index (χ3n) is 4.29. The van der Waals surface area contributed by atoms with Crippen LogP contribution in [0.4, 0.5) is 5.95 Å². The molecular formula is C13H22N5O13P3S2. The van der Waals surface area contributed by atoms with E-state index in [0.717, 1.165) is 5.75 Å².